The van der Waals surface area contributed by atoms with Gasteiger partial charge in [-0.05, 0) is 56.2 Å². The van der Waals surface area contributed by atoms with E-state index >= 15 is 0 Å². The SMILES string of the molecule is COc1ccc(C2(C(=O)N3CCC(c4nc(C5CCOCC5)no4)CC3)CC2)cc1. The van der Waals surface area contributed by atoms with Crippen LogP contribution >= 0.6 is 0 Å². The predicted molar refractivity (Wildman–Crippen MR) is 110 cm³/mol. The summed E-state index contributed by atoms with van der Waals surface area (Å²) in [6.07, 6.45) is 5.52. The second-order valence-electron chi connectivity index (χ2n) is 8.75. The Morgan fingerprint density at radius 3 is 2.40 bits per heavy atom. The Labute approximate surface area is 176 Å². The Kier molecular flexibility index (Phi) is 5.23. The number of ether oxygens (including phenoxy) is 2. The van der Waals surface area contributed by atoms with E-state index < -0.39 is 0 Å². The van der Waals surface area contributed by atoms with Crippen LogP contribution < -0.4 is 4.74 Å². The number of carbonyl (C=O) groups is 1. The quantitative estimate of drug-likeness (QED) is 0.750. The Hall–Kier alpha value is -2.41. The van der Waals surface area contributed by atoms with Gasteiger partial charge in [-0.2, -0.15) is 4.98 Å². The smallest absolute Gasteiger partial charge is 0.233 e. The number of hydrogen-bond acceptors (Lipinski definition) is 6. The van der Waals surface area contributed by atoms with E-state index in [0.29, 0.717) is 5.92 Å². The molecule has 2 aliphatic heterocycles. The first kappa shape index (κ1) is 19.5. The van der Waals surface area contributed by atoms with Crippen molar-refractivity contribution >= 4 is 5.91 Å². The van der Waals surface area contributed by atoms with E-state index in [1.165, 1.54) is 0 Å². The van der Waals surface area contributed by atoms with Crippen molar-refractivity contribution < 1.29 is 18.8 Å². The lowest BCUT2D eigenvalue weighted by Gasteiger charge is -2.33. The average Bonchev–Trinajstić information content (AvgIpc) is 3.48. The molecule has 2 aromatic rings. The number of nitrogens with zero attached hydrogens (tertiary/aromatic N) is 3. The van der Waals surface area contributed by atoms with Crippen LogP contribution in [0.2, 0.25) is 0 Å². The largest absolute Gasteiger partial charge is 0.497 e. The average molecular weight is 412 g/mol. The van der Waals surface area contributed by atoms with Crippen molar-refractivity contribution in [3.63, 3.8) is 0 Å². The first-order valence-electron chi connectivity index (χ1n) is 11.0. The fourth-order valence-corrected chi connectivity index (χ4v) is 4.83. The number of likely N-dealkylation sites (tertiary alicyclic amines) is 1. The molecule has 0 bridgehead atoms. The lowest BCUT2D eigenvalue weighted by molar-refractivity contribution is -0.135. The summed E-state index contributed by atoms with van der Waals surface area (Å²) in [6, 6.07) is 7.96. The van der Waals surface area contributed by atoms with E-state index in [-0.39, 0.29) is 17.2 Å². The molecule has 7 heteroatoms. The predicted octanol–water partition coefficient (Wildman–Crippen LogP) is 3.41. The van der Waals surface area contributed by atoms with E-state index in [0.717, 1.165) is 87.9 Å². The van der Waals surface area contributed by atoms with Crippen molar-refractivity contribution in [2.24, 2.45) is 0 Å². The van der Waals surface area contributed by atoms with Gasteiger partial charge in [0.05, 0.1) is 12.5 Å². The maximum atomic E-state index is 13.3. The maximum Gasteiger partial charge on any atom is 0.233 e. The van der Waals surface area contributed by atoms with Crippen molar-refractivity contribution in [2.75, 3.05) is 33.4 Å². The molecule has 0 spiro atoms. The second-order valence-corrected chi connectivity index (χ2v) is 8.75. The van der Waals surface area contributed by atoms with Crippen LogP contribution in [0.3, 0.4) is 0 Å². The van der Waals surface area contributed by atoms with Gasteiger partial charge in [-0.3, -0.25) is 4.79 Å². The van der Waals surface area contributed by atoms with Crippen LogP contribution in [0.15, 0.2) is 28.8 Å². The molecule has 2 saturated heterocycles. The minimum atomic E-state index is -0.334. The van der Waals surface area contributed by atoms with E-state index in [2.05, 4.69) is 5.16 Å². The number of carbonyl (C=O) groups excluding carboxylic acids is 1. The zero-order valence-electron chi connectivity index (χ0n) is 17.5. The minimum Gasteiger partial charge on any atom is -0.497 e. The van der Waals surface area contributed by atoms with Gasteiger partial charge in [-0.25, -0.2) is 0 Å². The third kappa shape index (κ3) is 3.60. The maximum absolute atomic E-state index is 13.3. The van der Waals surface area contributed by atoms with E-state index in [4.69, 9.17) is 19.0 Å². The van der Waals surface area contributed by atoms with Gasteiger partial charge in [0.25, 0.3) is 0 Å². The molecule has 1 saturated carbocycles. The summed E-state index contributed by atoms with van der Waals surface area (Å²) in [5.41, 5.74) is 0.772. The molecule has 0 N–H and O–H groups in total. The van der Waals surface area contributed by atoms with Crippen LogP contribution in [0.1, 0.15) is 67.6 Å². The first-order chi connectivity index (χ1) is 14.7. The van der Waals surface area contributed by atoms with Gasteiger partial charge in [-0.15, -0.1) is 0 Å². The van der Waals surface area contributed by atoms with E-state index in [9.17, 15) is 4.79 Å². The molecule has 3 heterocycles. The van der Waals surface area contributed by atoms with Crippen molar-refractivity contribution in [1.29, 1.82) is 0 Å². The normalized spacial score (nSPS) is 22.1. The molecule has 0 unspecified atom stereocenters. The highest BCUT2D eigenvalue weighted by Crippen LogP contribution is 2.50. The Morgan fingerprint density at radius 2 is 1.77 bits per heavy atom. The molecular weight excluding hydrogens is 382 g/mol. The molecule has 1 amide bonds. The van der Waals surface area contributed by atoms with Crippen LogP contribution in [-0.2, 0) is 14.9 Å². The van der Waals surface area contributed by atoms with Gasteiger partial charge in [0.15, 0.2) is 5.82 Å². The van der Waals surface area contributed by atoms with E-state index in [1.54, 1.807) is 7.11 Å². The highest BCUT2D eigenvalue weighted by atomic mass is 16.5. The van der Waals surface area contributed by atoms with Gasteiger partial charge < -0.3 is 18.9 Å². The molecule has 1 aromatic carbocycles. The summed E-state index contributed by atoms with van der Waals surface area (Å²) in [4.78, 5) is 20.1. The number of aromatic nitrogens is 2. The number of rotatable bonds is 5. The molecule has 30 heavy (non-hydrogen) atoms. The summed E-state index contributed by atoms with van der Waals surface area (Å²) in [5, 5.41) is 4.24. The second kappa shape index (κ2) is 8.02. The highest BCUT2D eigenvalue weighted by molar-refractivity contribution is 5.91. The third-order valence-electron chi connectivity index (χ3n) is 6.98. The minimum absolute atomic E-state index is 0.242. The number of hydrogen-bond donors (Lipinski definition) is 0. The Bertz CT molecular complexity index is 876. The number of piperidine rings is 1. The highest BCUT2D eigenvalue weighted by Gasteiger charge is 2.53. The molecule has 160 valence electrons. The Morgan fingerprint density at radius 1 is 1.07 bits per heavy atom. The summed E-state index contributed by atoms with van der Waals surface area (Å²) in [6.45, 7) is 3.03. The van der Waals surface area contributed by atoms with Crippen molar-refractivity contribution in [2.45, 2.75) is 55.8 Å². The van der Waals surface area contributed by atoms with Crippen LogP contribution in [0.4, 0.5) is 0 Å². The molecule has 3 fully saturated rings. The van der Waals surface area contributed by atoms with Crippen LogP contribution in [-0.4, -0.2) is 54.4 Å². The molecule has 3 aliphatic rings. The van der Waals surface area contributed by atoms with Crippen LogP contribution in [0.5, 0.6) is 5.75 Å². The number of amides is 1. The Balaban J connectivity index is 1.20. The third-order valence-corrected chi connectivity index (χ3v) is 6.98. The monoisotopic (exact) mass is 411 g/mol. The van der Waals surface area contributed by atoms with Gasteiger partial charge in [0.2, 0.25) is 11.8 Å². The van der Waals surface area contributed by atoms with Gasteiger partial charge in [0, 0.05) is 38.1 Å². The molecule has 7 nitrogen and oxygen atoms in total. The van der Waals surface area contributed by atoms with Crippen molar-refractivity contribution in [3.8, 4) is 5.75 Å². The summed E-state index contributed by atoms with van der Waals surface area (Å²) in [7, 11) is 1.66. The van der Waals surface area contributed by atoms with Crippen LogP contribution in [0.25, 0.3) is 0 Å². The molecular formula is C23H29N3O4. The summed E-state index contributed by atoms with van der Waals surface area (Å²) >= 11 is 0. The lowest BCUT2D eigenvalue weighted by atomic mass is 9.91. The van der Waals surface area contributed by atoms with Gasteiger partial charge in [0.1, 0.15) is 5.75 Å². The zero-order chi connectivity index (χ0) is 20.6. The molecule has 1 aliphatic carbocycles. The first-order valence-corrected chi connectivity index (χ1v) is 11.0. The van der Waals surface area contributed by atoms with Crippen molar-refractivity contribution in [3.05, 3.63) is 41.5 Å². The number of methoxy groups -OCH3 is 1. The number of benzene rings is 1. The summed E-state index contributed by atoms with van der Waals surface area (Å²) < 4.78 is 16.3. The fraction of sp³-hybridized carbons (Fsp3) is 0.609. The van der Waals surface area contributed by atoms with Crippen molar-refractivity contribution in [1.82, 2.24) is 15.0 Å². The zero-order valence-corrected chi connectivity index (χ0v) is 17.5. The molecule has 1 aromatic heterocycles. The summed E-state index contributed by atoms with van der Waals surface area (Å²) in [5.74, 6) is 3.23. The van der Waals surface area contributed by atoms with Gasteiger partial charge >= 0.3 is 0 Å². The molecule has 0 atom stereocenters. The van der Waals surface area contributed by atoms with Gasteiger partial charge in [-0.1, -0.05) is 17.3 Å². The molecule has 0 radical (unpaired) electrons. The lowest BCUT2D eigenvalue weighted by Crippen LogP contribution is -2.43. The standard InChI is InChI=1S/C23H29N3O4/c1-28-19-4-2-18(3-5-19)23(10-11-23)22(27)26-12-6-17(7-13-26)21-24-20(25-30-21)16-8-14-29-15-9-16/h2-5,16-17H,6-15H2,1H3. The topological polar surface area (TPSA) is 77.7 Å². The molecule has 5 rings (SSSR count). The van der Waals surface area contributed by atoms with E-state index in [1.807, 2.05) is 29.2 Å². The fourth-order valence-electron chi connectivity index (χ4n) is 4.83. The van der Waals surface area contributed by atoms with Crippen LogP contribution in [0, 0.1) is 0 Å².